The molecule has 4 unspecified atom stereocenters. The van der Waals surface area contributed by atoms with Crippen LogP contribution in [0.1, 0.15) is 81.2 Å². The van der Waals surface area contributed by atoms with E-state index in [1.807, 2.05) is 0 Å². The summed E-state index contributed by atoms with van der Waals surface area (Å²) in [5, 5.41) is 10.9. The Bertz CT molecular complexity index is 2800. The Morgan fingerprint density at radius 2 is 0.780 bits per heavy atom. The molecule has 0 N–H and O–H groups in total. The third-order valence-electron chi connectivity index (χ3n) is 14.6. The van der Waals surface area contributed by atoms with Crippen LogP contribution in [0.2, 0.25) is 8.26 Å². The van der Waals surface area contributed by atoms with Gasteiger partial charge in [-0.05, 0) is 0 Å². The van der Waals surface area contributed by atoms with Crippen molar-refractivity contribution in [2.45, 2.75) is 56.0 Å². The number of hydrogen-bond donors (Lipinski definition) is 0. The smallest absolute Gasteiger partial charge is 1.00 e. The number of hydrogen-bond acceptors (Lipinski definition) is 0. The largest absolute Gasteiger partial charge is 1.00 e. The molecule has 8 aromatic carbocycles. The molecule has 4 atom stereocenters. The van der Waals surface area contributed by atoms with Gasteiger partial charge in [-0.1, -0.05) is 0 Å². The van der Waals surface area contributed by atoms with Gasteiger partial charge in [-0.3, -0.25) is 0 Å². The van der Waals surface area contributed by atoms with Crippen LogP contribution in [0.5, 0.6) is 0 Å². The van der Waals surface area contributed by atoms with E-state index in [-0.39, 0.29) is 24.8 Å². The third kappa shape index (κ3) is 6.01. The maximum Gasteiger partial charge on any atom is -1.00 e. The van der Waals surface area contributed by atoms with Crippen molar-refractivity contribution < 1.29 is 45.1 Å². The summed E-state index contributed by atoms with van der Waals surface area (Å²) in [5.41, 5.74) is 15.8. The summed E-state index contributed by atoms with van der Waals surface area (Å²) >= 11 is -3.19. The van der Waals surface area contributed by atoms with Gasteiger partial charge in [0.2, 0.25) is 0 Å². The van der Waals surface area contributed by atoms with E-state index in [2.05, 4.69) is 185 Å². The molecule has 1 saturated heterocycles. The topological polar surface area (TPSA) is 0 Å². The number of fused-ring (bicyclic) bond motifs is 8. The Labute approximate surface area is 366 Å². The van der Waals surface area contributed by atoms with Gasteiger partial charge >= 0.3 is 345 Å². The molecule has 11 rings (SSSR count). The monoisotopic (exact) mass is 882 g/mol. The molecule has 0 spiro atoms. The summed E-state index contributed by atoms with van der Waals surface area (Å²) in [6.45, 7) is 9.97. The van der Waals surface area contributed by atoms with Crippen molar-refractivity contribution in [3.63, 3.8) is 0 Å². The van der Waals surface area contributed by atoms with Crippen molar-refractivity contribution >= 4 is 54.2 Å². The van der Waals surface area contributed by atoms with Crippen LogP contribution in [0.25, 0.3) is 54.2 Å². The van der Waals surface area contributed by atoms with Gasteiger partial charge in [-0.25, -0.2) is 0 Å². The summed E-state index contributed by atoms with van der Waals surface area (Å²) in [6, 6.07) is 61.0. The molecule has 2 aliphatic carbocycles. The Balaban J connectivity index is 0.00000224. The molecule has 0 nitrogen and oxygen atoms in total. The number of allylic oxidation sites excluding steroid dienone is 2. The molecule has 1 heterocycles. The van der Waals surface area contributed by atoms with E-state index in [9.17, 15) is 0 Å². The molecule has 0 saturated carbocycles. The molecule has 59 heavy (non-hydrogen) atoms. The minimum atomic E-state index is -3.19. The average Bonchev–Trinajstić information content (AvgIpc) is 3.87. The van der Waals surface area contributed by atoms with Crippen LogP contribution in [-0.2, 0) is 20.3 Å². The second kappa shape index (κ2) is 15.6. The zero-order valence-electron chi connectivity index (χ0n) is 34.4. The van der Waals surface area contributed by atoms with E-state index >= 15 is 0 Å². The molecule has 1 aliphatic heterocycles. The molecule has 0 aromatic heterocycles. The predicted octanol–water partition coefficient (Wildman–Crippen LogP) is 9.82. The quantitative estimate of drug-likeness (QED) is 0.134. The molecule has 8 aromatic rings. The molecule has 3 aliphatic rings. The standard InChI is InChI=1S/2C27H23.C2H4.2ClH.Zr/c2*1-3-18(2)25-17-21-10-5-7-13-23(21)27(25)24-14-8-11-20-16-15-19-9-4-6-12-22(19)26(20)24;1-2;;;/h2*4-18H,3H2,1-2H3;1-2H2;2*1H;/q;;;;;+2/p-2. The van der Waals surface area contributed by atoms with Gasteiger partial charge in [0.15, 0.2) is 0 Å². The van der Waals surface area contributed by atoms with E-state index in [4.69, 9.17) is 0 Å². The minimum absolute atomic E-state index is 0. The number of benzene rings is 8. The summed E-state index contributed by atoms with van der Waals surface area (Å²) < 4.78 is 4.00. The van der Waals surface area contributed by atoms with Gasteiger partial charge in [0, 0.05) is 0 Å². The molecule has 1 fully saturated rings. The van der Waals surface area contributed by atoms with Crippen molar-refractivity contribution in [3.8, 4) is 0 Å². The summed E-state index contributed by atoms with van der Waals surface area (Å²) in [6.07, 6.45) is 2.31. The van der Waals surface area contributed by atoms with Crippen LogP contribution >= 0.6 is 0 Å². The molecule has 3 heteroatoms. The van der Waals surface area contributed by atoms with E-state index in [1.165, 1.54) is 73.6 Å². The molecule has 0 bridgehead atoms. The molecule has 0 radical (unpaired) electrons. The van der Waals surface area contributed by atoms with Crippen molar-refractivity contribution in [1.82, 2.24) is 0 Å². The van der Waals surface area contributed by atoms with Crippen LogP contribution in [0.15, 0.2) is 169 Å². The van der Waals surface area contributed by atoms with Gasteiger partial charge in [-0.2, -0.15) is 0 Å². The van der Waals surface area contributed by atoms with Crippen molar-refractivity contribution in [3.05, 3.63) is 202 Å². The van der Waals surface area contributed by atoms with Gasteiger partial charge in [0.1, 0.15) is 0 Å². The second-order valence-electron chi connectivity index (χ2n) is 17.4. The molecule has 292 valence electrons. The molecule has 0 amide bonds. The average molecular weight is 885 g/mol. The summed E-state index contributed by atoms with van der Waals surface area (Å²) in [4.78, 5) is 0. The van der Waals surface area contributed by atoms with Crippen LogP contribution < -0.4 is 24.8 Å². The zero-order valence-corrected chi connectivity index (χ0v) is 38.4. The van der Waals surface area contributed by atoms with Crippen LogP contribution in [0.4, 0.5) is 0 Å². The Morgan fingerprint density at radius 3 is 1.20 bits per heavy atom. The van der Waals surface area contributed by atoms with E-state index < -0.39 is 20.3 Å². The van der Waals surface area contributed by atoms with E-state index in [0.29, 0.717) is 19.1 Å². The Hall–Kier alpha value is -4.26. The Morgan fingerprint density at radius 1 is 0.424 bits per heavy atom. The van der Waals surface area contributed by atoms with Gasteiger partial charge < -0.3 is 24.8 Å². The summed E-state index contributed by atoms with van der Waals surface area (Å²) in [5.74, 6) is 0.988. The normalized spacial score (nSPS) is 18.2. The number of halogens is 2. The van der Waals surface area contributed by atoms with Gasteiger partial charge in [0.25, 0.3) is 0 Å². The van der Waals surface area contributed by atoms with Crippen molar-refractivity contribution in [2.24, 2.45) is 11.8 Å². The molecular weight excluding hydrogens is 835 g/mol. The van der Waals surface area contributed by atoms with Crippen molar-refractivity contribution in [1.29, 1.82) is 0 Å². The predicted molar refractivity (Wildman–Crippen MR) is 242 cm³/mol. The third-order valence-corrected chi connectivity index (χ3v) is 27.4. The summed E-state index contributed by atoms with van der Waals surface area (Å²) in [7, 11) is 0. The first-order valence-electron chi connectivity index (χ1n) is 21.5. The first-order valence-corrected chi connectivity index (χ1v) is 27.8. The van der Waals surface area contributed by atoms with E-state index in [1.54, 1.807) is 33.4 Å². The van der Waals surface area contributed by atoms with Crippen molar-refractivity contribution in [2.75, 3.05) is 0 Å². The van der Waals surface area contributed by atoms with Crippen LogP contribution in [0.3, 0.4) is 0 Å². The van der Waals surface area contributed by atoms with Crippen LogP contribution in [0, 0.1) is 11.8 Å². The molecular formula is C56H50Cl2Zr. The van der Waals surface area contributed by atoms with E-state index in [0.717, 1.165) is 12.8 Å². The SMILES string of the molecule is CCC(C)C1=C(c2cccc3ccc4ccccc4c23)c2ccccc2[CH]1[Zr+2]1([CH]2C(C(C)CC)=C(c3cccc4ccc5ccccc5c34)c3ccccc32)[CH2][CH2]1.[Cl-].[Cl-]. The van der Waals surface area contributed by atoms with Crippen LogP contribution in [-0.4, -0.2) is 0 Å². The first kappa shape index (κ1) is 40.2. The van der Waals surface area contributed by atoms with Gasteiger partial charge in [0.05, 0.1) is 0 Å². The first-order chi connectivity index (χ1) is 28.0. The van der Waals surface area contributed by atoms with Gasteiger partial charge in [-0.15, -0.1) is 0 Å². The second-order valence-corrected chi connectivity index (χ2v) is 28.8. The fourth-order valence-corrected chi connectivity index (χ4v) is 29.7. The fourth-order valence-electron chi connectivity index (χ4n) is 11.7. The maximum atomic E-state index is 2.56. The fraction of sp³-hybridized carbons (Fsp3) is 0.214. The maximum absolute atomic E-state index is 3.19. The Kier molecular flexibility index (Phi) is 10.7. The zero-order chi connectivity index (χ0) is 38.4. The minimum Gasteiger partial charge on any atom is -1.00 e. The number of rotatable bonds is 8.